The average Bonchev–Trinajstić information content (AvgIpc) is 2.56. The second-order valence-corrected chi connectivity index (χ2v) is 6.02. The molecule has 122 valence electrons. The number of benzene rings is 2. The standard InChI is InChI=1S/C20H19NO3/c1-12-8-9-15(10-13(12)2)14(3)21-19(22)17-11-16-6-4-5-7-18(16)24-20(17)23/h4-11,14H,1-3H3,(H,21,22). The van der Waals surface area contributed by atoms with E-state index in [1.165, 1.54) is 11.1 Å². The molecule has 0 saturated carbocycles. The number of fused-ring (bicyclic) bond motifs is 1. The molecule has 1 N–H and O–H groups in total. The van der Waals surface area contributed by atoms with Crippen LogP contribution >= 0.6 is 0 Å². The Kier molecular flexibility index (Phi) is 4.21. The summed E-state index contributed by atoms with van der Waals surface area (Å²) in [6.07, 6.45) is 0. The maximum absolute atomic E-state index is 12.5. The summed E-state index contributed by atoms with van der Waals surface area (Å²) in [6.45, 7) is 5.97. The number of amides is 1. The number of carbonyl (C=O) groups excluding carboxylic acids is 1. The molecule has 4 heteroatoms. The molecule has 0 aliphatic carbocycles. The second-order valence-electron chi connectivity index (χ2n) is 6.02. The summed E-state index contributed by atoms with van der Waals surface area (Å²) in [5.74, 6) is -0.430. The monoisotopic (exact) mass is 321 g/mol. The van der Waals surface area contributed by atoms with Crippen molar-refractivity contribution >= 4 is 16.9 Å². The van der Waals surface area contributed by atoms with Gasteiger partial charge in [-0.15, -0.1) is 0 Å². The molecule has 1 heterocycles. The van der Waals surface area contributed by atoms with Crippen LogP contribution in [0.4, 0.5) is 0 Å². The van der Waals surface area contributed by atoms with Gasteiger partial charge in [0, 0.05) is 5.39 Å². The third-order valence-electron chi connectivity index (χ3n) is 4.26. The van der Waals surface area contributed by atoms with E-state index in [2.05, 4.69) is 5.32 Å². The van der Waals surface area contributed by atoms with Crippen LogP contribution in [0.3, 0.4) is 0 Å². The molecule has 0 spiro atoms. The summed E-state index contributed by atoms with van der Waals surface area (Å²) < 4.78 is 5.22. The Morgan fingerprint density at radius 2 is 1.79 bits per heavy atom. The fourth-order valence-electron chi connectivity index (χ4n) is 2.61. The molecule has 0 aliphatic rings. The van der Waals surface area contributed by atoms with Gasteiger partial charge in [-0.05, 0) is 49.6 Å². The lowest BCUT2D eigenvalue weighted by Gasteiger charge is -2.15. The van der Waals surface area contributed by atoms with E-state index in [1.54, 1.807) is 18.2 Å². The van der Waals surface area contributed by atoms with Crippen LogP contribution in [0.2, 0.25) is 0 Å². The Bertz CT molecular complexity index is 972. The van der Waals surface area contributed by atoms with E-state index < -0.39 is 11.5 Å². The first-order chi connectivity index (χ1) is 11.5. The molecule has 2 aromatic carbocycles. The average molecular weight is 321 g/mol. The van der Waals surface area contributed by atoms with Crippen LogP contribution in [0.25, 0.3) is 11.0 Å². The number of para-hydroxylation sites is 1. The van der Waals surface area contributed by atoms with Gasteiger partial charge in [0.1, 0.15) is 11.1 Å². The lowest BCUT2D eigenvalue weighted by Crippen LogP contribution is -2.30. The van der Waals surface area contributed by atoms with Crippen LogP contribution in [-0.2, 0) is 0 Å². The minimum Gasteiger partial charge on any atom is -0.422 e. The van der Waals surface area contributed by atoms with Crippen LogP contribution in [0.5, 0.6) is 0 Å². The fraction of sp³-hybridized carbons (Fsp3) is 0.200. The van der Waals surface area contributed by atoms with Gasteiger partial charge in [-0.3, -0.25) is 4.79 Å². The Hall–Kier alpha value is -2.88. The Labute approximate surface area is 140 Å². The minimum absolute atomic E-state index is 0.0179. The molecular formula is C20H19NO3. The largest absolute Gasteiger partial charge is 0.422 e. The highest BCUT2D eigenvalue weighted by molar-refractivity contribution is 5.96. The van der Waals surface area contributed by atoms with E-state index >= 15 is 0 Å². The third-order valence-corrected chi connectivity index (χ3v) is 4.26. The van der Waals surface area contributed by atoms with E-state index in [1.807, 2.05) is 51.1 Å². The molecular weight excluding hydrogens is 302 g/mol. The predicted octanol–water partition coefficient (Wildman–Crippen LogP) is 3.90. The summed E-state index contributed by atoms with van der Waals surface area (Å²) in [6, 6.07) is 14.6. The zero-order valence-electron chi connectivity index (χ0n) is 13.9. The fourth-order valence-corrected chi connectivity index (χ4v) is 2.61. The van der Waals surface area contributed by atoms with Gasteiger partial charge in [-0.2, -0.15) is 0 Å². The highest BCUT2D eigenvalue weighted by Gasteiger charge is 2.16. The Balaban J connectivity index is 1.87. The van der Waals surface area contributed by atoms with Crippen molar-refractivity contribution in [2.45, 2.75) is 26.8 Å². The molecule has 0 bridgehead atoms. The summed E-state index contributed by atoms with van der Waals surface area (Å²) >= 11 is 0. The quantitative estimate of drug-likeness (QED) is 0.744. The van der Waals surface area contributed by atoms with Crippen LogP contribution in [0.15, 0.2) is 57.7 Å². The lowest BCUT2D eigenvalue weighted by atomic mass is 10.0. The third kappa shape index (κ3) is 3.08. The van der Waals surface area contributed by atoms with E-state index in [0.29, 0.717) is 5.58 Å². The molecule has 0 aliphatic heterocycles. The van der Waals surface area contributed by atoms with Crippen molar-refractivity contribution in [3.8, 4) is 0 Å². The van der Waals surface area contributed by atoms with Gasteiger partial charge in [0.15, 0.2) is 0 Å². The van der Waals surface area contributed by atoms with Crippen molar-refractivity contribution in [2.24, 2.45) is 0 Å². The molecule has 0 saturated heterocycles. The smallest absolute Gasteiger partial charge is 0.349 e. The highest BCUT2D eigenvalue weighted by Crippen LogP contribution is 2.18. The normalized spacial score (nSPS) is 12.1. The molecule has 4 nitrogen and oxygen atoms in total. The molecule has 0 fully saturated rings. The van der Waals surface area contributed by atoms with Crippen molar-refractivity contribution in [3.05, 3.63) is 81.2 Å². The van der Waals surface area contributed by atoms with Gasteiger partial charge in [0.25, 0.3) is 5.91 Å². The molecule has 1 amide bonds. The number of carbonyl (C=O) groups is 1. The Morgan fingerprint density at radius 3 is 2.54 bits per heavy atom. The SMILES string of the molecule is Cc1ccc(C(C)NC(=O)c2cc3ccccc3oc2=O)cc1C. The molecule has 3 rings (SSSR count). The maximum atomic E-state index is 12.5. The zero-order chi connectivity index (χ0) is 17.3. The van der Waals surface area contributed by atoms with E-state index in [0.717, 1.165) is 10.9 Å². The van der Waals surface area contributed by atoms with Crippen molar-refractivity contribution in [3.63, 3.8) is 0 Å². The first-order valence-electron chi connectivity index (χ1n) is 7.86. The molecule has 0 radical (unpaired) electrons. The van der Waals surface area contributed by atoms with Gasteiger partial charge in [-0.1, -0.05) is 36.4 Å². The van der Waals surface area contributed by atoms with E-state index in [4.69, 9.17) is 4.42 Å². The first-order valence-corrected chi connectivity index (χ1v) is 7.86. The van der Waals surface area contributed by atoms with Crippen LogP contribution in [0, 0.1) is 13.8 Å². The molecule has 1 atom stereocenters. The second kappa shape index (κ2) is 6.32. The topological polar surface area (TPSA) is 59.3 Å². The molecule has 1 unspecified atom stereocenters. The van der Waals surface area contributed by atoms with Gasteiger partial charge in [-0.25, -0.2) is 4.79 Å². The summed E-state index contributed by atoms with van der Waals surface area (Å²) in [5, 5.41) is 3.59. The van der Waals surface area contributed by atoms with Crippen molar-refractivity contribution < 1.29 is 9.21 Å². The lowest BCUT2D eigenvalue weighted by molar-refractivity contribution is 0.0936. The number of aryl methyl sites for hydroxylation is 2. The summed E-state index contributed by atoms with van der Waals surface area (Å²) in [4.78, 5) is 24.5. The van der Waals surface area contributed by atoms with Crippen molar-refractivity contribution in [2.75, 3.05) is 0 Å². The highest BCUT2D eigenvalue weighted by atomic mass is 16.4. The van der Waals surface area contributed by atoms with Crippen LogP contribution in [-0.4, -0.2) is 5.91 Å². The van der Waals surface area contributed by atoms with Crippen LogP contribution < -0.4 is 10.9 Å². The number of hydrogen-bond acceptors (Lipinski definition) is 3. The Morgan fingerprint density at radius 1 is 1.04 bits per heavy atom. The molecule has 24 heavy (non-hydrogen) atoms. The summed E-state index contributed by atoms with van der Waals surface area (Å²) in [7, 11) is 0. The maximum Gasteiger partial charge on any atom is 0.349 e. The van der Waals surface area contributed by atoms with Gasteiger partial charge in [0.05, 0.1) is 6.04 Å². The van der Waals surface area contributed by atoms with E-state index in [-0.39, 0.29) is 11.6 Å². The van der Waals surface area contributed by atoms with Gasteiger partial charge >= 0.3 is 5.63 Å². The number of rotatable bonds is 3. The van der Waals surface area contributed by atoms with Crippen molar-refractivity contribution in [1.29, 1.82) is 0 Å². The number of nitrogens with one attached hydrogen (secondary N) is 1. The predicted molar refractivity (Wildman–Crippen MR) is 94.3 cm³/mol. The van der Waals surface area contributed by atoms with Gasteiger partial charge in [0.2, 0.25) is 0 Å². The van der Waals surface area contributed by atoms with Gasteiger partial charge < -0.3 is 9.73 Å². The van der Waals surface area contributed by atoms with E-state index in [9.17, 15) is 9.59 Å². The molecule has 3 aromatic rings. The zero-order valence-corrected chi connectivity index (χ0v) is 13.9. The minimum atomic E-state index is -0.626. The van der Waals surface area contributed by atoms with Crippen LogP contribution in [0.1, 0.15) is 40.0 Å². The molecule has 1 aromatic heterocycles. The first kappa shape index (κ1) is 16.0. The summed E-state index contributed by atoms with van der Waals surface area (Å²) in [5.41, 5.74) is 3.23. The van der Waals surface area contributed by atoms with Crippen molar-refractivity contribution in [1.82, 2.24) is 5.32 Å². The number of hydrogen-bond donors (Lipinski definition) is 1.